The van der Waals surface area contributed by atoms with Gasteiger partial charge in [0, 0.05) is 0 Å². The highest BCUT2D eigenvalue weighted by atomic mass is 32.7. The molecule has 2 bridgehead atoms. The average molecular weight is 707 g/mol. The SMILES string of the molecule is CS[P@]1(=O)OC[C@H]2O[C@@H](n3cnc4c(N)ncnc43)[C@H](F)[C@@H]2OP(O)(=S)OC[C@H]2O[C@@H](n3cnc4c(N)ncnc43)[C@H](O1)[C@@H]2O. The van der Waals surface area contributed by atoms with Crippen LogP contribution in [0.3, 0.4) is 0 Å². The number of fused-ring (bicyclic) bond motifs is 5. The van der Waals surface area contributed by atoms with Gasteiger partial charge in [0.15, 0.2) is 41.6 Å². The summed E-state index contributed by atoms with van der Waals surface area (Å²) in [5.41, 5.74) is 12.7. The van der Waals surface area contributed by atoms with Crippen LogP contribution in [0, 0.1) is 0 Å². The molecule has 3 saturated heterocycles. The van der Waals surface area contributed by atoms with Crippen LogP contribution in [0.4, 0.5) is 16.0 Å². The van der Waals surface area contributed by atoms with E-state index in [9.17, 15) is 14.6 Å². The smallest absolute Gasteiger partial charge is 0.387 e. The lowest BCUT2D eigenvalue weighted by Crippen LogP contribution is -2.35. The maximum atomic E-state index is 16.1. The Morgan fingerprint density at radius 1 is 0.911 bits per heavy atom. The van der Waals surface area contributed by atoms with Crippen molar-refractivity contribution in [3.8, 4) is 0 Å². The van der Waals surface area contributed by atoms with Crippen LogP contribution in [0.25, 0.3) is 22.3 Å². The summed E-state index contributed by atoms with van der Waals surface area (Å²) in [5, 5.41) is 11.2. The van der Waals surface area contributed by atoms with Crippen molar-refractivity contribution in [2.45, 2.75) is 49.1 Å². The number of ether oxygens (including phenoxy) is 2. The number of nitrogen functional groups attached to an aromatic ring is 2. The van der Waals surface area contributed by atoms with E-state index in [1.165, 1.54) is 40.7 Å². The highest BCUT2D eigenvalue weighted by Crippen LogP contribution is 2.63. The fraction of sp³-hybridized carbons (Fsp3) is 0.524. The zero-order valence-corrected chi connectivity index (χ0v) is 26.3. The van der Waals surface area contributed by atoms with Crippen molar-refractivity contribution in [3.63, 3.8) is 0 Å². The van der Waals surface area contributed by atoms with Gasteiger partial charge >= 0.3 is 13.5 Å². The summed E-state index contributed by atoms with van der Waals surface area (Å²) >= 11 is 5.93. The topological polar surface area (TPSA) is 252 Å². The van der Waals surface area contributed by atoms with Crippen LogP contribution in [0.15, 0.2) is 25.3 Å². The normalized spacial score (nSPS) is 37.7. The molecule has 3 aliphatic heterocycles. The number of nitrogens with two attached hydrogens (primary N) is 2. The van der Waals surface area contributed by atoms with Gasteiger partial charge in [0.2, 0.25) is 0 Å². The summed E-state index contributed by atoms with van der Waals surface area (Å²) in [6, 6.07) is 0. The van der Waals surface area contributed by atoms with Crippen molar-refractivity contribution < 1.29 is 46.5 Å². The third kappa shape index (κ3) is 5.51. The number of nitrogens with zero attached hydrogens (tertiary/aromatic N) is 8. The summed E-state index contributed by atoms with van der Waals surface area (Å²) in [4.78, 5) is 35.5. The molecule has 0 aliphatic carbocycles. The van der Waals surface area contributed by atoms with Crippen LogP contribution in [-0.2, 0) is 43.9 Å². The predicted octanol–water partition coefficient (Wildman–Crippen LogP) is 0.829. The summed E-state index contributed by atoms with van der Waals surface area (Å²) in [6.07, 6.45) is -4.91. The fourth-order valence-corrected chi connectivity index (χ4v) is 8.88. The number of hydrogen-bond donors (Lipinski definition) is 4. The molecular weight excluding hydrogens is 681 g/mol. The van der Waals surface area contributed by atoms with Gasteiger partial charge < -0.3 is 35.5 Å². The minimum absolute atomic E-state index is 0.0727. The third-order valence-corrected chi connectivity index (χ3v) is 12.3. The van der Waals surface area contributed by atoms with Gasteiger partial charge in [0.25, 0.3) is 0 Å². The minimum Gasteiger partial charge on any atom is -0.387 e. The molecule has 0 saturated carbocycles. The molecule has 10 atom stereocenters. The van der Waals surface area contributed by atoms with Crippen molar-refractivity contribution in [3.05, 3.63) is 25.3 Å². The van der Waals surface area contributed by atoms with Crippen molar-refractivity contribution in [2.75, 3.05) is 30.9 Å². The van der Waals surface area contributed by atoms with Gasteiger partial charge in [0.1, 0.15) is 54.2 Å². The van der Waals surface area contributed by atoms with E-state index >= 15 is 4.39 Å². The first-order valence-electron chi connectivity index (χ1n) is 13.1. The van der Waals surface area contributed by atoms with Gasteiger partial charge in [-0.1, -0.05) is 0 Å². The highest BCUT2D eigenvalue weighted by Gasteiger charge is 2.54. The van der Waals surface area contributed by atoms with Crippen LogP contribution in [-0.4, -0.2) is 105 Å². The standard InChI is InChI=1S/C21H25FN10O9P2S2/c1-45-43(35)37-3-9-14(10(22)20(39-9)31-6-29-11-16(23)25-4-27-18(11)31)40-42(34,44)36-2-8-13(33)15(41-43)21(38-8)32-7-30-12-17(24)26-5-28-19(12)32/h4-10,13-15,20-21,33H,2-3H2,1H3,(H,34,44)(H2,23,25,27)(H2,24,26,28)/t8-,9-,10-,13-,14-,15-,20-,21-,42?,43-/m1/s1. The highest BCUT2D eigenvalue weighted by molar-refractivity contribution is 8.54. The van der Waals surface area contributed by atoms with Crippen LogP contribution >= 0.6 is 24.9 Å². The van der Waals surface area contributed by atoms with Crippen LogP contribution in [0.1, 0.15) is 12.5 Å². The van der Waals surface area contributed by atoms with Gasteiger partial charge in [-0.25, -0.2) is 38.9 Å². The molecule has 24 heteroatoms. The van der Waals surface area contributed by atoms with Crippen molar-refractivity contribution in [1.29, 1.82) is 0 Å². The molecule has 4 aromatic rings. The second-order valence-electron chi connectivity index (χ2n) is 10.1. The first kappa shape index (κ1) is 31.2. The van der Waals surface area contributed by atoms with E-state index in [1.54, 1.807) is 0 Å². The molecule has 3 fully saturated rings. The van der Waals surface area contributed by atoms with Crippen LogP contribution in [0.5, 0.6) is 0 Å². The number of hydrogen-bond acceptors (Lipinski definition) is 18. The molecule has 0 spiro atoms. The molecule has 3 aliphatic rings. The average Bonchev–Trinajstić information content (AvgIpc) is 3.77. The van der Waals surface area contributed by atoms with E-state index in [-0.39, 0.29) is 34.0 Å². The van der Waals surface area contributed by atoms with Crippen LogP contribution in [0.2, 0.25) is 0 Å². The predicted molar refractivity (Wildman–Crippen MR) is 157 cm³/mol. The maximum absolute atomic E-state index is 16.1. The Kier molecular flexibility index (Phi) is 8.07. The van der Waals surface area contributed by atoms with Crippen molar-refractivity contribution >= 4 is 70.7 Å². The molecule has 1 unspecified atom stereocenters. The van der Waals surface area contributed by atoms with E-state index < -0.39 is 75.9 Å². The van der Waals surface area contributed by atoms with Gasteiger partial charge in [-0.05, 0) is 29.4 Å². The molecule has 19 nitrogen and oxygen atoms in total. The minimum atomic E-state index is -4.22. The Morgan fingerprint density at radius 2 is 1.49 bits per heavy atom. The molecule has 6 N–H and O–H groups in total. The quantitative estimate of drug-likeness (QED) is 0.215. The summed E-state index contributed by atoms with van der Waals surface area (Å²) in [6.45, 7) is -9.41. The number of halogens is 1. The van der Waals surface area contributed by atoms with E-state index in [0.717, 1.165) is 11.4 Å². The summed E-state index contributed by atoms with van der Waals surface area (Å²) < 4.78 is 67.6. The van der Waals surface area contributed by atoms with Gasteiger partial charge in [-0.3, -0.25) is 22.7 Å². The Bertz CT molecular complexity index is 1860. The van der Waals surface area contributed by atoms with E-state index in [2.05, 4.69) is 29.9 Å². The van der Waals surface area contributed by atoms with Gasteiger partial charge in [-0.15, -0.1) is 0 Å². The number of rotatable bonds is 3. The summed E-state index contributed by atoms with van der Waals surface area (Å²) in [7, 11) is 0. The van der Waals surface area contributed by atoms with Gasteiger partial charge in [-0.2, -0.15) is 0 Å². The Hall–Kier alpha value is -2.46. The Balaban J connectivity index is 1.22. The third-order valence-electron chi connectivity index (χ3n) is 7.43. The molecule has 0 amide bonds. The largest absolute Gasteiger partial charge is 0.389 e. The van der Waals surface area contributed by atoms with E-state index in [1.807, 2.05) is 0 Å². The van der Waals surface area contributed by atoms with Crippen molar-refractivity contribution in [1.82, 2.24) is 39.0 Å². The van der Waals surface area contributed by atoms with Crippen molar-refractivity contribution in [2.24, 2.45) is 0 Å². The molecule has 7 rings (SSSR count). The Morgan fingerprint density at radius 3 is 2.11 bits per heavy atom. The molecule has 4 aromatic heterocycles. The molecule has 7 heterocycles. The lowest BCUT2D eigenvalue weighted by atomic mass is 10.1. The van der Waals surface area contributed by atoms with E-state index in [4.69, 9.17) is 50.8 Å². The molecular formula is C21H25FN10O9P2S2. The first-order chi connectivity index (χ1) is 21.5. The number of anilines is 2. The number of alkyl halides is 1. The van der Waals surface area contributed by atoms with Crippen LogP contribution < -0.4 is 11.5 Å². The molecule has 242 valence electrons. The lowest BCUT2D eigenvalue weighted by molar-refractivity contribution is -0.0584. The first-order valence-corrected chi connectivity index (χ1v) is 19.1. The lowest BCUT2D eigenvalue weighted by Gasteiger charge is -2.27. The zero-order chi connectivity index (χ0) is 31.7. The molecule has 0 radical (unpaired) electrons. The zero-order valence-electron chi connectivity index (χ0n) is 22.9. The number of aromatic nitrogens is 8. The second-order valence-corrected chi connectivity index (χ2v) is 17.0. The monoisotopic (exact) mass is 706 g/mol. The number of aliphatic hydroxyl groups excluding tert-OH is 1. The number of imidazole rings is 2. The molecule has 0 aromatic carbocycles. The second kappa shape index (κ2) is 11.7. The maximum Gasteiger partial charge on any atom is 0.389 e. The fourth-order valence-electron chi connectivity index (χ4n) is 5.28. The number of aliphatic hydroxyl groups is 1. The van der Waals surface area contributed by atoms with E-state index in [0.29, 0.717) is 0 Å². The molecule has 45 heavy (non-hydrogen) atoms. The Labute approximate surface area is 261 Å². The summed E-state index contributed by atoms with van der Waals surface area (Å²) in [5.74, 6) is 0.173. The van der Waals surface area contributed by atoms with Gasteiger partial charge in [0.05, 0.1) is 25.9 Å².